The first-order valence-corrected chi connectivity index (χ1v) is 7.46. The summed E-state index contributed by atoms with van der Waals surface area (Å²) in [7, 11) is 0. The Morgan fingerprint density at radius 3 is 2.55 bits per heavy atom. The molecule has 0 aliphatic heterocycles. The standard InChI is InChI=1S/C14H27N5O/c1-3-5-9-20-10-6-8-16-13-11-14(19-15)18-12(17-13)7-4-2/h11H,3-10,15H2,1-2H3,(H2,16,17,18,19). The van der Waals surface area contributed by atoms with Crippen LogP contribution >= 0.6 is 0 Å². The van der Waals surface area contributed by atoms with E-state index in [1.165, 1.54) is 6.42 Å². The average molecular weight is 281 g/mol. The zero-order chi connectivity index (χ0) is 14.6. The number of unbranched alkanes of at least 4 members (excludes halogenated alkanes) is 1. The summed E-state index contributed by atoms with van der Waals surface area (Å²) in [5.41, 5.74) is 2.58. The van der Waals surface area contributed by atoms with E-state index in [9.17, 15) is 0 Å². The van der Waals surface area contributed by atoms with Crippen molar-refractivity contribution in [2.45, 2.75) is 46.0 Å². The fourth-order valence-electron chi connectivity index (χ4n) is 1.74. The van der Waals surface area contributed by atoms with Gasteiger partial charge < -0.3 is 15.5 Å². The van der Waals surface area contributed by atoms with Gasteiger partial charge in [0.05, 0.1) is 0 Å². The first-order chi connectivity index (χ1) is 9.80. The van der Waals surface area contributed by atoms with Crippen LogP contribution in [0.5, 0.6) is 0 Å². The molecule has 0 aliphatic rings. The van der Waals surface area contributed by atoms with E-state index >= 15 is 0 Å². The van der Waals surface area contributed by atoms with Crippen molar-refractivity contribution >= 4 is 11.6 Å². The van der Waals surface area contributed by atoms with Crippen LogP contribution in [0.1, 0.15) is 45.4 Å². The zero-order valence-electron chi connectivity index (χ0n) is 12.6. The lowest BCUT2D eigenvalue weighted by atomic mass is 10.3. The molecule has 1 aromatic heterocycles. The van der Waals surface area contributed by atoms with E-state index in [-0.39, 0.29) is 0 Å². The minimum atomic E-state index is 0.644. The molecule has 6 nitrogen and oxygen atoms in total. The summed E-state index contributed by atoms with van der Waals surface area (Å²) in [4.78, 5) is 8.77. The van der Waals surface area contributed by atoms with Crippen LogP contribution in [0.15, 0.2) is 6.07 Å². The number of ether oxygens (including phenoxy) is 1. The van der Waals surface area contributed by atoms with Gasteiger partial charge >= 0.3 is 0 Å². The summed E-state index contributed by atoms with van der Waals surface area (Å²) < 4.78 is 5.51. The largest absolute Gasteiger partial charge is 0.381 e. The Labute approximate surface area is 121 Å². The monoisotopic (exact) mass is 281 g/mol. The van der Waals surface area contributed by atoms with Crippen LogP contribution in [0.2, 0.25) is 0 Å². The summed E-state index contributed by atoms with van der Waals surface area (Å²) in [6.45, 7) is 6.73. The highest BCUT2D eigenvalue weighted by molar-refractivity contribution is 5.46. The van der Waals surface area contributed by atoms with Crippen molar-refractivity contribution in [3.8, 4) is 0 Å². The number of nitrogens with zero attached hydrogens (tertiary/aromatic N) is 2. The maximum absolute atomic E-state index is 5.51. The topological polar surface area (TPSA) is 85.1 Å². The van der Waals surface area contributed by atoms with Crippen molar-refractivity contribution in [3.05, 3.63) is 11.9 Å². The zero-order valence-corrected chi connectivity index (χ0v) is 12.6. The molecule has 0 saturated carbocycles. The highest BCUT2D eigenvalue weighted by Crippen LogP contribution is 2.11. The normalized spacial score (nSPS) is 10.6. The molecule has 0 atom stereocenters. The third-order valence-corrected chi connectivity index (χ3v) is 2.81. The molecule has 0 aliphatic carbocycles. The van der Waals surface area contributed by atoms with Gasteiger partial charge in [-0.25, -0.2) is 15.8 Å². The predicted octanol–water partition coefficient (Wildman–Crippen LogP) is 2.33. The third-order valence-electron chi connectivity index (χ3n) is 2.81. The summed E-state index contributed by atoms with van der Waals surface area (Å²) >= 11 is 0. The number of anilines is 2. The highest BCUT2D eigenvalue weighted by Gasteiger charge is 2.03. The van der Waals surface area contributed by atoms with E-state index in [1.807, 2.05) is 6.07 Å². The van der Waals surface area contributed by atoms with Crippen molar-refractivity contribution in [2.75, 3.05) is 30.5 Å². The molecule has 1 heterocycles. The summed E-state index contributed by atoms with van der Waals surface area (Å²) in [5.74, 6) is 7.68. The second-order valence-electron chi connectivity index (χ2n) is 4.70. The van der Waals surface area contributed by atoms with Gasteiger partial charge in [0.2, 0.25) is 0 Å². The number of aryl methyl sites for hydroxylation is 1. The van der Waals surface area contributed by atoms with Gasteiger partial charge in [0.15, 0.2) is 0 Å². The number of aromatic nitrogens is 2. The van der Waals surface area contributed by atoms with Gasteiger partial charge in [-0.3, -0.25) is 0 Å². The molecule has 0 amide bonds. The second kappa shape index (κ2) is 10.4. The minimum absolute atomic E-state index is 0.644. The van der Waals surface area contributed by atoms with E-state index in [1.54, 1.807) is 0 Å². The summed E-state index contributed by atoms with van der Waals surface area (Å²) in [6.07, 6.45) is 5.13. The second-order valence-corrected chi connectivity index (χ2v) is 4.70. The van der Waals surface area contributed by atoms with Crippen LogP contribution < -0.4 is 16.6 Å². The van der Waals surface area contributed by atoms with E-state index in [2.05, 4.69) is 34.6 Å². The number of rotatable bonds is 11. The number of hydrogen-bond donors (Lipinski definition) is 3. The number of nitrogens with two attached hydrogens (primary N) is 1. The molecule has 0 aromatic carbocycles. The Morgan fingerprint density at radius 1 is 1.10 bits per heavy atom. The summed E-state index contributed by atoms with van der Waals surface area (Å²) in [5, 5.41) is 3.28. The quantitative estimate of drug-likeness (QED) is 0.328. The Balaban J connectivity index is 2.33. The Bertz CT molecular complexity index is 373. The van der Waals surface area contributed by atoms with Gasteiger partial charge in [-0.1, -0.05) is 20.3 Å². The van der Waals surface area contributed by atoms with Crippen molar-refractivity contribution in [1.29, 1.82) is 0 Å². The van der Waals surface area contributed by atoms with Gasteiger partial charge in [0.1, 0.15) is 17.5 Å². The van der Waals surface area contributed by atoms with Crippen LogP contribution in [-0.4, -0.2) is 29.7 Å². The third kappa shape index (κ3) is 6.68. The Kier molecular flexibility index (Phi) is 8.66. The SMILES string of the molecule is CCCCOCCCNc1cc(NN)nc(CCC)n1. The van der Waals surface area contributed by atoms with E-state index in [0.29, 0.717) is 5.82 Å². The average Bonchev–Trinajstić information content (AvgIpc) is 2.46. The molecular formula is C14H27N5O. The van der Waals surface area contributed by atoms with Crippen molar-refractivity contribution in [2.24, 2.45) is 5.84 Å². The van der Waals surface area contributed by atoms with Crippen LogP contribution in [0, 0.1) is 0 Å². The fraction of sp³-hybridized carbons (Fsp3) is 0.714. The number of nitrogen functional groups attached to an aromatic ring is 1. The van der Waals surface area contributed by atoms with Crippen LogP contribution in [0.4, 0.5) is 11.6 Å². The molecule has 114 valence electrons. The maximum Gasteiger partial charge on any atom is 0.145 e. The molecule has 6 heteroatoms. The van der Waals surface area contributed by atoms with Crippen LogP contribution in [0.25, 0.3) is 0 Å². The van der Waals surface area contributed by atoms with Gasteiger partial charge in [-0.15, -0.1) is 0 Å². The first kappa shape index (κ1) is 16.7. The first-order valence-electron chi connectivity index (χ1n) is 7.46. The summed E-state index contributed by atoms with van der Waals surface area (Å²) in [6, 6.07) is 1.82. The van der Waals surface area contributed by atoms with E-state index in [4.69, 9.17) is 10.6 Å². The molecule has 1 rings (SSSR count). The number of hydrogen-bond acceptors (Lipinski definition) is 6. The van der Waals surface area contributed by atoms with Gasteiger partial charge in [0, 0.05) is 32.2 Å². The van der Waals surface area contributed by atoms with Gasteiger partial charge in [-0.05, 0) is 19.3 Å². The van der Waals surface area contributed by atoms with Crippen LogP contribution in [-0.2, 0) is 11.2 Å². The Hall–Kier alpha value is -1.40. The van der Waals surface area contributed by atoms with E-state index in [0.717, 1.165) is 57.1 Å². The number of nitrogens with one attached hydrogen (secondary N) is 2. The van der Waals surface area contributed by atoms with Gasteiger partial charge in [-0.2, -0.15) is 0 Å². The maximum atomic E-state index is 5.51. The molecular weight excluding hydrogens is 254 g/mol. The molecule has 0 fully saturated rings. The molecule has 0 unspecified atom stereocenters. The van der Waals surface area contributed by atoms with Crippen molar-refractivity contribution < 1.29 is 4.74 Å². The lowest BCUT2D eigenvalue weighted by Crippen LogP contribution is -2.13. The number of hydrazine groups is 1. The Morgan fingerprint density at radius 2 is 1.85 bits per heavy atom. The van der Waals surface area contributed by atoms with Crippen molar-refractivity contribution in [3.63, 3.8) is 0 Å². The van der Waals surface area contributed by atoms with E-state index < -0.39 is 0 Å². The van der Waals surface area contributed by atoms with Crippen molar-refractivity contribution in [1.82, 2.24) is 9.97 Å². The molecule has 20 heavy (non-hydrogen) atoms. The molecule has 1 aromatic rings. The molecule has 0 spiro atoms. The lowest BCUT2D eigenvalue weighted by Gasteiger charge is -2.09. The molecule has 0 bridgehead atoms. The van der Waals surface area contributed by atoms with Gasteiger partial charge in [0.25, 0.3) is 0 Å². The lowest BCUT2D eigenvalue weighted by molar-refractivity contribution is 0.131. The van der Waals surface area contributed by atoms with Crippen LogP contribution in [0.3, 0.4) is 0 Å². The smallest absolute Gasteiger partial charge is 0.145 e. The fourth-order valence-corrected chi connectivity index (χ4v) is 1.74. The highest BCUT2D eigenvalue weighted by atomic mass is 16.5. The minimum Gasteiger partial charge on any atom is -0.381 e. The molecule has 0 saturated heterocycles. The predicted molar refractivity (Wildman–Crippen MR) is 82.7 cm³/mol. The molecule has 0 radical (unpaired) electrons. The molecule has 4 N–H and O–H groups in total.